The van der Waals surface area contributed by atoms with Gasteiger partial charge in [-0.3, -0.25) is 9.79 Å². The molecule has 0 radical (unpaired) electrons. The van der Waals surface area contributed by atoms with Crippen molar-refractivity contribution in [3.63, 3.8) is 0 Å². The SMILES string of the molecule is CCC(=O)N1CCC(NC(=NC)NCc2ccc3c(c2)CCCN3C)C1.I. The van der Waals surface area contributed by atoms with E-state index in [4.69, 9.17) is 0 Å². The lowest BCUT2D eigenvalue weighted by atomic mass is 9.99. The molecule has 0 aromatic heterocycles. The number of nitrogens with zero attached hydrogens (tertiary/aromatic N) is 3. The second-order valence-electron chi connectivity index (χ2n) is 7.24. The monoisotopic (exact) mass is 485 g/mol. The fourth-order valence-corrected chi connectivity index (χ4v) is 3.85. The molecule has 2 aliphatic rings. The van der Waals surface area contributed by atoms with E-state index in [1.807, 2.05) is 11.8 Å². The molecular formula is C20H32IN5O. The average Bonchev–Trinajstić information content (AvgIpc) is 3.13. The van der Waals surface area contributed by atoms with Crippen molar-refractivity contribution >= 4 is 41.5 Å². The Morgan fingerprint density at radius 1 is 1.33 bits per heavy atom. The first-order chi connectivity index (χ1) is 12.6. The third-order valence-electron chi connectivity index (χ3n) is 5.36. The third kappa shape index (κ3) is 5.49. The Labute approximate surface area is 179 Å². The Kier molecular flexibility index (Phi) is 8.19. The number of aryl methyl sites for hydroxylation is 1. The molecule has 27 heavy (non-hydrogen) atoms. The van der Waals surface area contributed by atoms with Gasteiger partial charge in [-0.2, -0.15) is 0 Å². The molecule has 3 rings (SSSR count). The fraction of sp³-hybridized carbons (Fsp3) is 0.600. The van der Waals surface area contributed by atoms with Crippen molar-refractivity contribution < 1.29 is 4.79 Å². The molecule has 1 fully saturated rings. The van der Waals surface area contributed by atoms with Crippen LogP contribution in [0.5, 0.6) is 0 Å². The van der Waals surface area contributed by atoms with Crippen LogP contribution in [0.25, 0.3) is 0 Å². The maximum Gasteiger partial charge on any atom is 0.222 e. The van der Waals surface area contributed by atoms with Gasteiger partial charge in [-0.25, -0.2) is 0 Å². The molecule has 1 aromatic rings. The van der Waals surface area contributed by atoms with E-state index >= 15 is 0 Å². The lowest BCUT2D eigenvalue weighted by molar-refractivity contribution is -0.129. The molecule has 0 bridgehead atoms. The summed E-state index contributed by atoms with van der Waals surface area (Å²) in [5.74, 6) is 1.03. The molecule has 6 nitrogen and oxygen atoms in total. The van der Waals surface area contributed by atoms with Gasteiger partial charge >= 0.3 is 0 Å². The van der Waals surface area contributed by atoms with E-state index in [0.29, 0.717) is 6.42 Å². The van der Waals surface area contributed by atoms with Crippen molar-refractivity contribution in [1.29, 1.82) is 0 Å². The number of likely N-dealkylation sites (tertiary alicyclic amines) is 1. The Balaban J connectivity index is 0.00000261. The maximum atomic E-state index is 11.8. The van der Waals surface area contributed by atoms with E-state index in [1.54, 1.807) is 7.05 Å². The molecule has 2 aliphatic heterocycles. The van der Waals surface area contributed by atoms with Crippen molar-refractivity contribution in [3.05, 3.63) is 29.3 Å². The maximum absolute atomic E-state index is 11.8. The van der Waals surface area contributed by atoms with Gasteiger partial charge < -0.3 is 20.4 Å². The number of anilines is 1. The molecule has 1 unspecified atom stereocenters. The highest BCUT2D eigenvalue weighted by atomic mass is 127. The number of halogens is 1. The Hall–Kier alpha value is -1.51. The summed E-state index contributed by atoms with van der Waals surface area (Å²) < 4.78 is 0. The van der Waals surface area contributed by atoms with E-state index in [-0.39, 0.29) is 35.9 Å². The van der Waals surface area contributed by atoms with E-state index < -0.39 is 0 Å². The summed E-state index contributed by atoms with van der Waals surface area (Å²) in [5.41, 5.74) is 4.07. The summed E-state index contributed by atoms with van der Waals surface area (Å²) in [7, 11) is 3.96. The zero-order chi connectivity index (χ0) is 18.5. The van der Waals surface area contributed by atoms with Gasteiger partial charge in [-0.05, 0) is 36.5 Å². The van der Waals surface area contributed by atoms with Crippen LogP contribution in [0.4, 0.5) is 5.69 Å². The topological polar surface area (TPSA) is 60.0 Å². The van der Waals surface area contributed by atoms with Crippen molar-refractivity contribution in [2.24, 2.45) is 4.99 Å². The summed E-state index contributed by atoms with van der Waals surface area (Å²) in [4.78, 5) is 20.4. The smallest absolute Gasteiger partial charge is 0.222 e. The number of rotatable bonds is 4. The number of aliphatic imine (C=N–C) groups is 1. The van der Waals surface area contributed by atoms with Gasteiger partial charge in [-0.15, -0.1) is 24.0 Å². The van der Waals surface area contributed by atoms with Gasteiger partial charge in [0.2, 0.25) is 5.91 Å². The number of hydrogen-bond donors (Lipinski definition) is 2. The summed E-state index contributed by atoms with van der Waals surface area (Å²) >= 11 is 0. The van der Waals surface area contributed by atoms with Crippen LogP contribution in [0.15, 0.2) is 23.2 Å². The summed E-state index contributed by atoms with van der Waals surface area (Å²) in [6.07, 6.45) is 3.92. The van der Waals surface area contributed by atoms with Crippen LogP contribution in [-0.2, 0) is 17.8 Å². The van der Waals surface area contributed by atoms with E-state index in [2.05, 4.69) is 45.8 Å². The van der Waals surface area contributed by atoms with Gasteiger partial charge in [0.05, 0.1) is 0 Å². The lowest BCUT2D eigenvalue weighted by Crippen LogP contribution is -2.44. The van der Waals surface area contributed by atoms with Crippen LogP contribution in [0, 0.1) is 0 Å². The number of hydrogen-bond acceptors (Lipinski definition) is 3. The minimum absolute atomic E-state index is 0. The molecule has 2 N–H and O–H groups in total. The predicted octanol–water partition coefficient (Wildman–Crippen LogP) is 2.36. The van der Waals surface area contributed by atoms with E-state index in [0.717, 1.165) is 45.0 Å². The second kappa shape index (κ2) is 10.1. The zero-order valence-corrected chi connectivity index (χ0v) is 19.0. The molecule has 1 saturated heterocycles. The molecule has 1 amide bonds. The standard InChI is InChI=1S/C20H31N5O.HI/c1-4-19(26)25-11-9-17(14-25)23-20(21-2)22-13-15-7-8-18-16(12-15)6-5-10-24(18)3;/h7-8,12,17H,4-6,9-11,13-14H2,1-3H3,(H2,21,22,23);1H. The first-order valence-electron chi connectivity index (χ1n) is 9.68. The predicted molar refractivity (Wildman–Crippen MR) is 122 cm³/mol. The first kappa shape index (κ1) is 21.8. The number of carbonyl (C=O) groups is 1. The lowest BCUT2D eigenvalue weighted by Gasteiger charge is -2.28. The first-order valence-corrected chi connectivity index (χ1v) is 9.68. The quantitative estimate of drug-likeness (QED) is 0.391. The normalized spacial score (nSPS) is 19.4. The summed E-state index contributed by atoms with van der Waals surface area (Å²) in [6.45, 7) is 5.40. The van der Waals surface area contributed by atoms with Gasteiger partial charge in [0.15, 0.2) is 5.96 Å². The number of fused-ring (bicyclic) bond motifs is 1. The minimum Gasteiger partial charge on any atom is -0.374 e. The van der Waals surface area contributed by atoms with Crippen LogP contribution in [0.1, 0.15) is 37.3 Å². The average molecular weight is 485 g/mol. The number of carbonyl (C=O) groups excluding carboxylic acids is 1. The Morgan fingerprint density at radius 3 is 2.89 bits per heavy atom. The Morgan fingerprint density at radius 2 is 2.15 bits per heavy atom. The van der Waals surface area contributed by atoms with Gasteiger partial charge in [0.25, 0.3) is 0 Å². The zero-order valence-electron chi connectivity index (χ0n) is 16.6. The molecule has 0 aliphatic carbocycles. The highest BCUT2D eigenvalue weighted by Crippen LogP contribution is 2.26. The van der Waals surface area contributed by atoms with Crippen molar-refractivity contribution in [2.75, 3.05) is 38.6 Å². The van der Waals surface area contributed by atoms with Crippen LogP contribution in [0.3, 0.4) is 0 Å². The van der Waals surface area contributed by atoms with Gasteiger partial charge in [0.1, 0.15) is 0 Å². The highest BCUT2D eigenvalue weighted by Gasteiger charge is 2.25. The summed E-state index contributed by atoms with van der Waals surface area (Å²) in [5, 5.41) is 6.86. The molecular weight excluding hydrogens is 453 g/mol. The molecule has 2 heterocycles. The van der Waals surface area contributed by atoms with E-state index in [9.17, 15) is 4.79 Å². The van der Waals surface area contributed by atoms with Crippen molar-refractivity contribution in [3.8, 4) is 0 Å². The molecule has 7 heteroatoms. The van der Waals surface area contributed by atoms with Gasteiger partial charge in [-0.1, -0.05) is 19.1 Å². The molecule has 1 aromatic carbocycles. The number of benzene rings is 1. The highest BCUT2D eigenvalue weighted by molar-refractivity contribution is 14.0. The minimum atomic E-state index is 0. The largest absolute Gasteiger partial charge is 0.374 e. The molecule has 150 valence electrons. The molecule has 0 spiro atoms. The van der Waals surface area contributed by atoms with E-state index in [1.165, 1.54) is 23.2 Å². The van der Waals surface area contributed by atoms with Gasteiger partial charge in [0, 0.05) is 58.4 Å². The van der Waals surface area contributed by atoms with Crippen LogP contribution >= 0.6 is 24.0 Å². The number of nitrogens with one attached hydrogen (secondary N) is 2. The van der Waals surface area contributed by atoms with Crippen LogP contribution < -0.4 is 15.5 Å². The molecule has 0 saturated carbocycles. The fourth-order valence-electron chi connectivity index (χ4n) is 3.85. The summed E-state index contributed by atoms with van der Waals surface area (Å²) in [6, 6.07) is 7.00. The van der Waals surface area contributed by atoms with Crippen molar-refractivity contribution in [1.82, 2.24) is 15.5 Å². The van der Waals surface area contributed by atoms with Crippen LogP contribution in [0.2, 0.25) is 0 Å². The Bertz CT molecular complexity index is 678. The number of guanidine groups is 1. The van der Waals surface area contributed by atoms with Crippen molar-refractivity contribution in [2.45, 2.75) is 45.2 Å². The molecule has 1 atom stereocenters. The second-order valence-corrected chi connectivity index (χ2v) is 7.24. The van der Waals surface area contributed by atoms with Crippen LogP contribution in [-0.4, -0.2) is 56.5 Å². The third-order valence-corrected chi connectivity index (χ3v) is 5.36. The number of amides is 1.